The largest absolute Gasteiger partial charge is 0.352 e. The molecule has 0 aliphatic heterocycles. The van der Waals surface area contributed by atoms with Crippen LogP contribution in [0.1, 0.15) is 37.0 Å². The molecule has 0 bridgehead atoms. The number of amides is 1. The zero-order chi connectivity index (χ0) is 13.2. The van der Waals surface area contributed by atoms with Gasteiger partial charge in [0.25, 0.3) is 5.91 Å². The molecule has 100 valence electrons. The maximum absolute atomic E-state index is 11.7. The minimum absolute atomic E-state index is 0.0137. The van der Waals surface area contributed by atoms with E-state index in [2.05, 4.69) is 29.0 Å². The van der Waals surface area contributed by atoms with Gasteiger partial charge >= 0.3 is 0 Å². The van der Waals surface area contributed by atoms with Gasteiger partial charge in [-0.15, -0.1) is 0 Å². The number of carbonyl (C=O) groups is 1. The Morgan fingerprint density at radius 1 is 1.22 bits per heavy atom. The normalized spacial score (nSPS) is 10.6. The number of aromatic nitrogens is 1. The number of rotatable bonds is 8. The molecule has 0 atom stereocenters. The summed E-state index contributed by atoms with van der Waals surface area (Å²) < 4.78 is 0. The van der Waals surface area contributed by atoms with Gasteiger partial charge in [-0.3, -0.25) is 9.78 Å². The predicted octanol–water partition coefficient (Wildman–Crippen LogP) is 1.93. The van der Waals surface area contributed by atoms with Gasteiger partial charge in [0.15, 0.2) is 0 Å². The minimum atomic E-state index is -0.0137. The lowest BCUT2D eigenvalue weighted by Crippen LogP contribution is -2.27. The zero-order valence-corrected chi connectivity index (χ0v) is 11.4. The highest BCUT2D eigenvalue weighted by Gasteiger charge is 2.03. The molecule has 4 nitrogen and oxygen atoms in total. The van der Waals surface area contributed by atoms with Gasteiger partial charge < -0.3 is 10.2 Å². The van der Waals surface area contributed by atoms with Crippen LogP contribution in [0.15, 0.2) is 24.5 Å². The van der Waals surface area contributed by atoms with Crippen molar-refractivity contribution < 1.29 is 4.79 Å². The van der Waals surface area contributed by atoms with Crippen LogP contribution in [0, 0.1) is 0 Å². The molecule has 0 unspecified atom stereocenters. The Hall–Kier alpha value is -1.42. The molecular formula is C14H23N3O. The van der Waals surface area contributed by atoms with Crippen molar-refractivity contribution in [3.05, 3.63) is 30.1 Å². The molecule has 0 aromatic carbocycles. The van der Waals surface area contributed by atoms with E-state index in [1.807, 2.05) is 0 Å². The summed E-state index contributed by atoms with van der Waals surface area (Å²) in [7, 11) is 0. The van der Waals surface area contributed by atoms with Gasteiger partial charge in [0, 0.05) is 24.5 Å². The Bertz CT molecular complexity index is 336. The van der Waals surface area contributed by atoms with Crippen molar-refractivity contribution in [2.75, 3.05) is 26.2 Å². The van der Waals surface area contributed by atoms with E-state index in [4.69, 9.17) is 0 Å². The molecule has 1 heterocycles. The fraction of sp³-hybridized carbons (Fsp3) is 0.571. The molecule has 4 heteroatoms. The van der Waals surface area contributed by atoms with Crippen LogP contribution in [0.25, 0.3) is 0 Å². The van der Waals surface area contributed by atoms with Crippen molar-refractivity contribution in [2.24, 2.45) is 0 Å². The van der Waals surface area contributed by atoms with E-state index in [-0.39, 0.29) is 5.91 Å². The number of hydrogen-bond donors (Lipinski definition) is 1. The second-order valence-electron chi connectivity index (χ2n) is 4.23. The fourth-order valence-corrected chi connectivity index (χ4v) is 1.81. The number of carbonyl (C=O) groups excluding carboxylic acids is 1. The molecule has 1 rings (SSSR count). The summed E-state index contributed by atoms with van der Waals surface area (Å²) in [6.07, 6.45) is 5.41. The summed E-state index contributed by atoms with van der Waals surface area (Å²) in [5.41, 5.74) is 0.675. The topological polar surface area (TPSA) is 45.2 Å². The van der Waals surface area contributed by atoms with Crippen LogP contribution in [0.5, 0.6) is 0 Å². The molecule has 1 amide bonds. The van der Waals surface area contributed by atoms with Crippen LogP contribution in [-0.4, -0.2) is 42.0 Å². The van der Waals surface area contributed by atoms with Crippen LogP contribution in [0.3, 0.4) is 0 Å². The Labute approximate surface area is 109 Å². The molecule has 0 aliphatic rings. The van der Waals surface area contributed by atoms with Gasteiger partial charge in [0.2, 0.25) is 0 Å². The van der Waals surface area contributed by atoms with Gasteiger partial charge in [0.1, 0.15) is 0 Å². The molecule has 0 saturated carbocycles. The number of unbranched alkanes of at least 4 members (excludes halogenated alkanes) is 1. The van der Waals surface area contributed by atoms with Gasteiger partial charge in [-0.25, -0.2) is 0 Å². The van der Waals surface area contributed by atoms with Crippen LogP contribution >= 0.6 is 0 Å². The zero-order valence-electron chi connectivity index (χ0n) is 11.4. The van der Waals surface area contributed by atoms with E-state index in [1.54, 1.807) is 24.5 Å². The van der Waals surface area contributed by atoms with E-state index in [1.165, 1.54) is 0 Å². The maximum atomic E-state index is 11.7. The van der Waals surface area contributed by atoms with Crippen LogP contribution in [0.4, 0.5) is 0 Å². The SMILES string of the molecule is CCN(CC)CCCCNC(=O)c1ccncc1. The number of nitrogens with one attached hydrogen (secondary N) is 1. The third-order valence-corrected chi connectivity index (χ3v) is 3.02. The monoisotopic (exact) mass is 249 g/mol. The lowest BCUT2D eigenvalue weighted by Gasteiger charge is -2.17. The van der Waals surface area contributed by atoms with Crippen molar-refractivity contribution in [3.8, 4) is 0 Å². The van der Waals surface area contributed by atoms with E-state index >= 15 is 0 Å². The van der Waals surface area contributed by atoms with E-state index in [0.717, 1.165) is 39.0 Å². The van der Waals surface area contributed by atoms with E-state index in [9.17, 15) is 4.79 Å². The summed E-state index contributed by atoms with van der Waals surface area (Å²) in [6.45, 7) is 8.39. The van der Waals surface area contributed by atoms with E-state index in [0.29, 0.717) is 5.56 Å². The Kier molecular flexibility index (Phi) is 7.03. The molecule has 1 aromatic rings. The van der Waals surface area contributed by atoms with Gasteiger partial charge in [-0.05, 0) is 44.6 Å². The molecular weight excluding hydrogens is 226 g/mol. The molecule has 1 aromatic heterocycles. The maximum Gasteiger partial charge on any atom is 0.251 e. The first-order valence-corrected chi connectivity index (χ1v) is 6.68. The molecule has 0 fully saturated rings. The minimum Gasteiger partial charge on any atom is -0.352 e. The van der Waals surface area contributed by atoms with Crippen LogP contribution < -0.4 is 5.32 Å². The lowest BCUT2D eigenvalue weighted by molar-refractivity contribution is 0.0952. The Morgan fingerprint density at radius 3 is 2.50 bits per heavy atom. The lowest BCUT2D eigenvalue weighted by atomic mass is 10.2. The predicted molar refractivity (Wildman–Crippen MR) is 73.6 cm³/mol. The molecule has 1 N–H and O–H groups in total. The van der Waals surface area contributed by atoms with Crippen LogP contribution in [0.2, 0.25) is 0 Å². The Balaban J connectivity index is 2.13. The summed E-state index contributed by atoms with van der Waals surface area (Å²) in [5.74, 6) is -0.0137. The van der Waals surface area contributed by atoms with Gasteiger partial charge in [-0.2, -0.15) is 0 Å². The van der Waals surface area contributed by atoms with Gasteiger partial charge in [-0.1, -0.05) is 13.8 Å². The smallest absolute Gasteiger partial charge is 0.251 e. The van der Waals surface area contributed by atoms with Crippen molar-refractivity contribution in [1.82, 2.24) is 15.2 Å². The highest BCUT2D eigenvalue weighted by molar-refractivity contribution is 5.93. The summed E-state index contributed by atoms with van der Waals surface area (Å²) in [6, 6.07) is 3.45. The average molecular weight is 249 g/mol. The summed E-state index contributed by atoms with van der Waals surface area (Å²) in [5, 5.41) is 2.92. The van der Waals surface area contributed by atoms with Crippen molar-refractivity contribution in [2.45, 2.75) is 26.7 Å². The van der Waals surface area contributed by atoms with Crippen LogP contribution in [-0.2, 0) is 0 Å². The first-order chi connectivity index (χ1) is 8.77. The number of hydrogen-bond acceptors (Lipinski definition) is 3. The fourth-order valence-electron chi connectivity index (χ4n) is 1.81. The highest BCUT2D eigenvalue weighted by Crippen LogP contribution is 1.97. The van der Waals surface area contributed by atoms with Gasteiger partial charge in [0.05, 0.1) is 0 Å². The van der Waals surface area contributed by atoms with Crippen molar-refractivity contribution >= 4 is 5.91 Å². The molecule has 0 aliphatic carbocycles. The second-order valence-corrected chi connectivity index (χ2v) is 4.23. The first-order valence-electron chi connectivity index (χ1n) is 6.68. The Morgan fingerprint density at radius 2 is 1.89 bits per heavy atom. The number of nitrogens with zero attached hydrogens (tertiary/aromatic N) is 2. The third kappa shape index (κ3) is 5.27. The van der Waals surface area contributed by atoms with Crippen molar-refractivity contribution in [1.29, 1.82) is 0 Å². The quantitative estimate of drug-likeness (QED) is 0.716. The summed E-state index contributed by atoms with van der Waals surface area (Å²) in [4.78, 5) is 18.0. The highest BCUT2D eigenvalue weighted by atomic mass is 16.1. The summed E-state index contributed by atoms with van der Waals surface area (Å²) >= 11 is 0. The third-order valence-electron chi connectivity index (χ3n) is 3.02. The van der Waals surface area contributed by atoms with Crippen molar-refractivity contribution in [3.63, 3.8) is 0 Å². The molecule has 18 heavy (non-hydrogen) atoms. The van der Waals surface area contributed by atoms with E-state index < -0.39 is 0 Å². The molecule has 0 spiro atoms. The first kappa shape index (κ1) is 14.6. The molecule has 0 saturated heterocycles. The molecule has 0 radical (unpaired) electrons. The second kappa shape index (κ2) is 8.64. The number of pyridine rings is 1. The average Bonchev–Trinajstić information content (AvgIpc) is 2.43. The standard InChI is InChI=1S/C14H23N3O/c1-3-17(4-2)12-6-5-9-16-14(18)13-7-10-15-11-8-13/h7-8,10-11H,3-6,9,12H2,1-2H3,(H,16,18).